The van der Waals surface area contributed by atoms with Crippen molar-refractivity contribution in [1.29, 1.82) is 0 Å². The number of hydrogen-bond donors (Lipinski definition) is 6. The van der Waals surface area contributed by atoms with Crippen LogP contribution in [-0.4, -0.2) is 72.9 Å². The van der Waals surface area contributed by atoms with Gasteiger partial charge in [-0.25, -0.2) is 0 Å². The fraction of sp³-hybridized carbons (Fsp3) is 0.333. The molecule has 1 saturated heterocycles. The van der Waals surface area contributed by atoms with Gasteiger partial charge in [0.1, 0.15) is 29.8 Å². The van der Waals surface area contributed by atoms with Gasteiger partial charge in [0.2, 0.25) is 12.1 Å². The van der Waals surface area contributed by atoms with E-state index in [1.54, 1.807) is 6.92 Å². The zero-order valence-electron chi connectivity index (χ0n) is 16.4. The smallest absolute Gasteiger partial charge is 0.229 e. The number of hydrogen-bond acceptors (Lipinski definition) is 10. The molecule has 2 aliphatic rings. The number of rotatable bonds is 2. The van der Waals surface area contributed by atoms with Crippen molar-refractivity contribution < 1.29 is 49.7 Å². The molecule has 0 radical (unpaired) electrons. The molecule has 6 N–H and O–H groups in total. The molecule has 0 amide bonds. The lowest BCUT2D eigenvalue weighted by molar-refractivity contribution is -0.268. The summed E-state index contributed by atoms with van der Waals surface area (Å²) < 4.78 is 10.9. The fourth-order valence-corrected chi connectivity index (χ4v) is 3.85. The summed E-state index contributed by atoms with van der Waals surface area (Å²) in [7, 11) is 0. The minimum Gasteiger partial charge on any atom is -0.507 e. The number of phenolic OH excluding ortho intramolecular Hbond substituents is 3. The third-order valence-electron chi connectivity index (χ3n) is 5.48. The van der Waals surface area contributed by atoms with Crippen LogP contribution in [0.15, 0.2) is 18.2 Å². The topological polar surface area (TPSA) is 174 Å². The summed E-state index contributed by atoms with van der Waals surface area (Å²) in [6.07, 6.45) is -7.27. The maximum Gasteiger partial charge on any atom is 0.229 e. The van der Waals surface area contributed by atoms with Gasteiger partial charge >= 0.3 is 0 Å². The van der Waals surface area contributed by atoms with Crippen LogP contribution in [-0.2, 0) is 4.74 Å². The Morgan fingerprint density at radius 1 is 0.839 bits per heavy atom. The molecule has 0 bridgehead atoms. The summed E-state index contributed by atoms with van der Waals surface area (Å²) in [5.74, 6) is -4.16. The number of ether oxygens (including phenoxy) is 2. The summed E-state index contributed by atoms with van der Waals surface area (Å²) >= 11 is 0. The summed E-state index contributed by atoms with van der Waals surface area (Å²) in [5, 5.41) is 60.7. The van der Waals surface area contributed by atoms with E-state index in [1.807, 2.05) is 0 Å². The molecule has 10 heteroatoms. The maximum atomic E-state index is 13.2. The zero-order chi connectivity index (χ0) is 22.8. The molecule has 164 valence electrons. The van der Waals surface area contributed by atoms with Gasteiger partial charge in [-0.1, -0.05) is 0 Å². The van der Waals surface area contributed by atoms with Crippen LogP contribution < -0.4 is 4.74 Å². The summed E-state index contributed by atoms with van der Waals surface area (Å²) in [5.41, 5.74) is -0.931. The lowest BCUT2D eigenvalue weighted by atomic mass is 9.81. The minimum absolute atomic E-state index is 0.150. The van der Waals surface area contributed by atoms with Crippen molar-refractivity contribution in [2.75, 3.05) is 0 Å². The number of fused-ring (bicyclic) bond motifs is 2. The quantitative estimate of drug-likeness (QED) is 0.305. The van der Waals surface area contributed by atoms with Gasteiger partial charge in [-0.3, -0.25) is 9.59 Å². The normalized spacial score (nSPS) is 27.6. The van der Waals surface area contributed by atoms with Gasteiger partial charge in [-0.2, -0.15) is 0 Å². The SMILES string of the molecule is Cc1cc(O)c2c(c1)C(=O)c1c(O)c(O)cc(O[C@H]3O[C@@H](C)[C@H](O)[C@H](O)[C@@H]3O)c1C2=O. The summed E-state index contributed by atoms with van der Waals surface area (Å²) in [4.78, 5) is 26.2. The van der Waals surface area contributed by atoms with Crippen LogP contribution >= 0.6 is 0 Å². The molecule has 5 atom stereocenters. The molecule has 31 heavy (non-hydrogen) atoms. The Hall–Kier alpha value is -3.18. The van der Waals surface area contributed by atoms with Crippen molar-refractivity contribution in [3.63, 3.8) is 0 Å². The predicted octanol–water partition coefficient (Wildman–Crippen LogP) is 0.0935. The molecule has 4 rings (SSSR count). The molecule has 1 aliphatic heterocycles. The first-order valence-corrected chi connectivity index (χ1v) is 9.41. The summed E-state index contributed by atoms with van der Waals surface area (Å²) in [6.45, 7) is 3.03. The van der Waals surface area contributed by atoms with Gasteiger partial charge in [0.05, 0.1) is 22.8 Å². The van der Waals surface area contributed by atoms with Crippen LogP contribution in [0.4, 0.5) is 0 Å². The third kappa shape index (κ3) is 3.12. The van der Waals surface area contributed by atoms with E-state index in [1.165, 1.54) is 19.1 Å². The molecular formula is C21H20O10. The highest BCUT2D eigenvalue weighted by Gasteiger charge is 2.45. The summed E-state index contributed by atoms with van der Waals surface area (Å²) in [6, 6.07) is 3.52. The lowest BCUT2D eigenvalue weighted by Crippen LogP contribution is -2.58. The maximum absolute atomic E-state index is 13.2. The van der Waals surface area contributed by atoms with Gasteiger partial charge in [0.15, 0.2) is 17.3 Å². The molecule has 2 aromatic carbocycles. The molecule has 0 aromatic heterocycles. The van der Waals surface area contributed by atoms with Gasteiger partial charge in [-0.15, -0.1) is 0 Å². The molecule has 1 fully saturated rings. The second-order valence-corrected chi connectivity index (χ2v) is 7.66. The standard InChI is InChI=1S/C21H20O10/c1-6-3-8-12(9(22)4-6)18(27)13-11(5-10(23)17(26)14(13)16(8)25)31-21-20(29)19(28)15(24)7(2)30-21/h3-5,7,15,19-24,26,28-29H,1-2H3/t7-,15-,19-,20-,21+/m0/s1. The molecule has 0 saturated carbocycles. The van der Waals surface area contributed by atoms with Gasteiger partial charge < -0.3 is 40.1 Å². The Morgan fingerprint density at radius 3 is 2.19 bits per heavy atom. The second kappa shape index (κ2) is 7.20. The van der Waals surface area contributed by atoms with Crippen LogP contribution in [0.1, 0.15) is 44.3 Å². The predicted molar refractivity (Wildman–Crippen MR) is 102 cm³/mol. The molecule has 10 nitrogen and oxygen atoms in total. The molecule has 0 unspecified atom stereocenters. The number of aromatic hydroxyl groups is 3. The van der Waals surface area contributed by atoms with Crippen LogP contribution in [0.2, 0.25) is 0 Å². The van der Waals surface area contributed by atoms with Crippen molar-refractivity contribution in [3.8, 4) is 23.0 Å². The van der Waals surface area contributed by atoms with E-state index in [9.17, 15) is 40.2 Å². The highest BCUT2D eigenvalue weighted by molar-refractivity contribution is 6.31. The van der Waals surface area contributed by atoms with Gasteiger partial charge in [-0.05, 0) is 31.5 Å². The van der Waals surface area contributed by atoms with Gasteiger partial charge in [0.25, 0.3) is 0 Å². The number of carbonyl (C=O) groups is 2. The number of ketones is 2. The second-order valence-electron chi connectivity index (χ2n) is 7.66. The van der Waals surface area contributed by atoms with Gasteiger partial charge in [0, 0.05) is 11.6 Å². The Morgan fingerprint density at radius 2 is 1.52 bits per heavy atom. The highest BCUT2D eigenvalue weighted by Crippen LogP contribution is 2.45. The monoisotopic (exact) mass is 432 g/mol. The molecule has 2 aromatic rings. The Balaban J connectivity index is 1.85. The van der Waals surface area contributed by atoms with Crippen molar-refractivity contribution in [2.24, 2.45) is 0 Å². The van der Waals surface area contributed by atoms with Crippen LogP contribution in [0.3, 0.4) is 0 Å². The number of aliphatic hydroxyl groups excluding tert-OH is 3. The fourth-order valence-electron chi connectivity index (χ4n) is 3.85. The average molecular weight is 432 g/mol. The number of carbonyl (C=O) groups excluding carboxylic acids is 2. The van der Waals surface area contributed by atoms with Crippen molar-refractivity contribution in [3.05, 3.63) is 46.0 Å². The molecular weight excluding hydrogens is 412 g/mol. The Bertz CT molecular complexity index is 1110. The van der Waals surface area contributed by atoms with E-state index in [0.29, 0.717) is 5.56 Å². The van der Waals surface area contributed by atoms with E-state index in [4.69, 9.17) is 9.47 Å². The van der Waals surface area contributed by atoms with Crippen molar-refractivity contribution >= 4 is 11.6 Å². The van der Waals surface area contributed by atoms with E-state index in [-0.39, 0.29) is 11.1 Å². The van der Waals surface area contributed by atoms with E-state index in [2.05, 4.69) is 0 Å². The zero-order valence-corrected chi connectivity index (χ0v) is 16.4. The van der Waals surface area contributed by atoms with Crippen LogP contribution in [0, 0.1) is 6.92 Å². The lowest BCUT2D eigenvalue weighted by Gasteiger charge is -2.39. The number of benzene rings is 2. The third-order valence-corrected chi connectivity index (χ3v) is 5.48. The van der Waals surface area contributed by atoms with Crippen LogP contribution in [0.5, 0.6) is 23.0 Å². The number of aryl methyl sites for hydroxylation is 1. The average Bonchev–Trinajstić information content (AvgIpc) is 2.70. The van der Waals surface area contributed by atoms with Crippen molar-refractivity contribution in [1.82, 2.24) is 0 Å². The Kier molecular flexibility index (Phi) is 4.90. The molecule has 0 spiro atoms. The van der Waals surface area contributed by atoms with E-state index >= 15 is 0 Å². The van der Waals surface area contributed by atoms with E-state index in [0.717, 1.165) is 6.07 Å². The highest BCUT2D eigenvalue weighted by atomic mass is 16.7. The molecule has 1 heterocycles. The number of aliphatic hydroxyl groups is 3. The van der Waals surface area contributed by atoms with E-state index < -0.39 is 76.4 Å². The minimum atomic E-state index is -1.73. The molecule has 1 aliphatic carbocycles. The first kappa shape index (κ1) is 21.1. The first-order valence-electron chi connectivity index (χ1n) is 9.41. The van der Waals surface area contributed by atoms with Crippen LogP contribution in [0.25, 0.3) is 0 Å². The van der Waals surface area contributed by atoms with Crippen molar-refractivity contribution in [2.45, 2.75) is 44.6 Å². The Labute approximate surface area is 175 Å². The number of phenols is 3. The first-order chi connectivity index (χ1) is 14.5. The largest absolute Gasteiger partial charge is 0.507 e.